The summed E-state index contributed by atoms with van der Waals surface area (Å²) in [6.07, 6.45) is -2.79. The number of nitrogens with one attached hydrogen (secondary N) is 1. The van der Waals surface area contributed by atoms with Crippen LogP contribution in [0, 0.1) is 0 Å². The largest absolute Gasteiger partial charge is 0.417 e. The molecule has 0 aliphatic carbocycles. The number of hydrogen-bond acceptors (Lipinski definition) is 4. The van der Waals surface area contributed by atoms with Crippen LogP contribution in [0.15, 0.2) is 12.3 Å². The van der Waals surface area contributed by atoms with Crippen molar-refractivity contribution in [3.05, 3.63) is 22.8 Å². The fourth-order valence-corrected chi connectivity index (χ4v) is 2.85. The molecule has 1 aromatic rings. The van der Waals surface area contributed by atoms with Gasteiger partial charge in [-0.3, -0.25) is 9.69 Å². The van der Waals surface area contributed by atoms with E-state index in [0.717, 1.165) is 18.7 Å². The SMILES string of the molecule is CC[C@@H](C)NC(=O)CN1CCN(c2ncc(C(F)(F)F)cc2Cl)CC1. The predicted molar refractivity (Wildman–Crippen MR) is 90.8 cm³/mol. The summed E-state index contributed by atoms with van der Waals surface area (Å²) in [5.74, 6) is 0.326. The van der Waals surface area contributed by atoms with Crippen LogP contribution in [0.5, 0.6) is 0 Å². The Kier molecular flexibility index (Phi) is 6.51. The van der Waals surface area contributed by atoms with Gasteiger partial charge in [0.25, 0.3) is 0 Å². The number of hydrogen-bond donors (Lipinski definition) is 1. The van der Waals surface area contributed by atoms with Crippen molar-refractivity contribution in [1.82, 2.24) is 15.2 Å². The van der Waals surface area contributed by atoms with E-state index < -0.39 is 11.7 Å². The van der Waals surface area contributed by atoms with Crippen molar-refractivity contribution in [2.75, 3.05) is 37.6 Å². The molecule has 1 fully saturated rings. The fraction of sp³-hybridized carbons (Fsp3) is 0.625. The molecule has 5 nitrogen and oxygen atoms in total. The predicted octanol–water partition coefficient (Wildman–Crippen LogP) is 2.79. The Hall–Kier alpha value is -1.54. The Bertz CT molecular complexity index is 604. The number of amides is 1. The number of nitrogens with zero attached hydrogens (tertiary/aromatic N) is 3. The summed E-state index contributed by atoms with van der Waals surface area (Å²) in [4.78, 5) is 19.6. The lowest BCUT2D eigenvalue weighted by Crippen LogP contribution is -2.50. The first-order valence-electron chi connectivity index (χ1n) is 8.20. The number of piperazine rings is 1. The number of rotatable bonds is 5. The molecule has 1 atom stereocenters. The van der Waals surface area contributed by atoms with Crippen LogP contribution in [0.4, 0.5) is 19.0 Å². The topological polar surface area (TPSA) is 48.5 Å². The van der Waals surface area contributed by atoms with E-state index in [1.54, 1.807) is 0 Å². The first-order chi connectivity index (χ1) is 11.7. The van der Waals surface area contributed by atoms with E-state index >= 15 is 0 Å². The van der Waals surface area contributed by atoms with E-state index in [1.807, 2.05) is 23.6 Å². The van der Waals surface area contributed by atoms with Gasteiger partial charge in [0.1, 0.15) is 5.82 Å². The van der Waals surface area contributed by atoms with Gasteiger partial charge < -0.3 is 10.2 Å². The molecule has 1 aliphatic heterocycles. The number of halogens is 4. The number of carbonyl (C=O) groups is 1. The quantitative estimate of drug-likeness (QED) is 0.856. The van der Waals surface area contributed by atoms with Crippen molar-refractivity contribution in [3.63, 3.8) is 0 Å². The van der Waals surface area contributed by atoms with Crippen molar-refractivity contribution in [1.29, 1.82) is 0 Å². The second-order valence-corrected chi connectivity index (χ2v) is 6.57. The molecule has 0 saturated carbocycles. The molecule has 0 radical (unpaired) electrons. The van der Waals surface area contributed by atoms with E-state index in [9.17, 15) is 18.0 Å². The lowest BCUT2D eigenvalue weighted by molar-refractivity contribution is -0.137. The zero-order chi connectivity index (χ0) is 18.6. The van der Waals surface area contributed by atoms with Crippen molar-refractivity contribution in [2.45, 2.75) is 32.5 Å². The van der Waals surface area contributed by atoms with Gasteiger partial charge in [0.15, 0.2) is 0 Å². The molecular weight excluding hydrogens is 357 g/mol. The second kappa shape index (κ2) is 8.23. The van der Waals surface area contributed by atoms with Gasteiger partial charge >= 0.3 is 6.18 Å². The third-order valence-corrected chi connectivity index (χ3v) is 4.49. The summed E-state index contributed by atoms with van der Waals surface area (Å²) in [5, 5.41) is 2.90. The molecule has 0 bridgehead atoms. The molecule has 0 unspecified atom stereocenters. The third kappa shape index (κ3) is 5.47. The van der Waals surface area contributed by atoms with Gasteiger partial charge in [-0.25, -0.2) is 4.98 Å². The monoisotopic (exact) mass is 378 g/mol. The Labute approximate surface area is 150 Å². The maximum absolute atomic E-state index is 12.7. The highest BCUT2D eigenvalue weighted by molar-refractivity contribution is 6.33. The molecule has 9 heteroatoms. The molecule has 2 rings (SSSR count). The maximum Gasteiger partial charge on any atom is 0.417 e. The molecule has 140 valence electrons. The molecule has 1 aromatic heterocycles. The highest BCUT2D eigenvalue weighted by Crippen LogP contribution is 2.33. The minimum Gasteiger partial charge on any atom is -0.353 e. The average Bonchev–Trinajstić information content (AvgIpc) is 2.54. The van der Waals surface area contributed by atoms with Crippen LogP contribution in [-0.2, 0) is 11.0 Å². The average molecular weight is 379 g/mol. The van der Waals surface area contributed by atoms with Crippen molar-refractivity contribution < 1.29 is 18.0 Å². The summed E-state index contributed by atoms with van der Waals surface area (Å²) >= 11 is 5.98. The second-order valence-electron chi connectivity index (χ2n) is 6.17. The lowest BCUT2D eigenvalue weighted by atomic mass is 10.2. The molecule has 0 spiro atoms. The van der Waals surface area contributed by atoms with E-state index in [2.05, 4.69) is 10.3 Å². The minimum atomic E-state index is -4.46. The third-order valence-electron chi connectivity index (χ3n) is 4.21. The smallest absolute Gasteiger partial charge is 0.353 e. The maximum atomic E-state index is 12.7. The van der Waals surface area contributed by atoms with Gasteiger partial charge in [-0.15, -0.1) is 0 Å². The summed E-state index contributed by atoms with van der Waals surface area (Å²) in [7, 11) is 0. The Morgan fingerprint density at radius 3 is 2.52 bits per heavy atom. The molecule has 25 heavy (non-hydrogen) atoms. The number of pyridine rings is 1. The van der Waals surface area contributed by atoms with Crippen molar-refractivity contribution >= 4 is 23.3 Å². The van der Waals surface area contributed by atoms with Crippen LogP contribution in [0.1, 0.15) is 25.8 Å². The van der Waals surface area contributed by atoms with Crippen LogP contribution in [0.3, 0.4) is 0 Å². The van der Waals surface area contributed by atoms with Crippen LogP contribution < -0.4 is 10.2 Å². The van der Waals surface area contributed by atoms with E-state index in [0.29, 0.717) is 38.5 Å². The molecule has 1 aliphatic rings. The number of alkyl halides is 3. The number of anilines is 1. The van der Waals surface area contributed by atoms with Gasteiger partial charge in [0.2, 0.25) is 5.91 Å². The van der Waals surface area contributed by atoms with Gasteiger partial charge in [0, 0.05) is 38.4 Å². The summed E-state index contributed by atoms with van der Waals surface area (Å²) in [5.41, 5.74) is -0.860. The number of carbonyl (C=O) groups excluding carboxylic acids is 1. The normalized spacial score (nSPS) is 17.4. The summed E-state index contributed by atoms with van der Waals surface area (Å²) in [6, 6.07) is 1.04. The molecule has 0 aromatic carbocycles. The molecule has 2 heterocycles. The lowest BCUT2D eigenvalue weighted by Gasteiger charge is -2.35. The van der Waals surface area contributed by atoms with Gasteiger partial charge in [-0.05, 0) is 19.4 Å². The summed E-state index contributed by atoms with van der Waals surface area (Å²) in [6.45, 7) is 6.61. The molecule has 1 amide bonds. The minimum absolute atomic E-state index is 0.0159. The van der Waals surface area contributed by atoms with Crippen molar-refractivity contribution in [3.8, 4) is 0 Å². The first-order valence-corrected chi connectivity index (χ1v) is 8.58. The first kappa shape index (κ1) is 19.8. The van der Waals surface area contributed by atoms with Crippen LogP contribution in [0.2, 0.25) is 5.02 Å². The zero-order valence-electron chi connectivity index (χ0n) is 14.2. The van der Waals surface area contributed by atoms with E-state index in [4.69, 9.17) is 11.6 Å². The Morgan fingerprint density at radius 1 is 1.36 bits per heavy atom. The van der Waals surface area contributed by atoms with E-state index in [-0.39, 0.29) is 17.0 Å². The van der Waals surface area contributed by atoms with Gasteiger partial charge in [-0.1, -0.05) is 18.5 Å². The summed E-state index contributed by atoms with van der Waals surface area (Å²) < 4.78 is 38.0. The Balaban J connectivity index is 1.91. The van der Waals surface area contributed by atoms with Crippen LogP contribution >= 0.6 is 11.6 Å². The van der Waals surface area contributed by atoms with Gasteiger partial charge in [0.05, 0.1) is 17.1 Å². The van der Waals surface area contributed by atoms with Crippen LogP contribution in [-0.4, -0.2) is 54.6 Å². The van der Waals surface area contributed by atoms with Crippen LogP contribution in [0.25, 0.3) is 0 Å². The van der Waals surface area contributed by atoms with Gasteiger partial charge in [-0.2, -0.15) is 13.2 Å². The number of aromatic nitrogens is 1. The highest BCUT2D eigenvalue weighted by Gasteiger charge is 2.32. The highest BCUT2D eigenvalue weighted by atomic mass is 35.5. The molecular formula is C16H22ClF3N4O. The standard InChI is InChI=1S/C16H22ClF3N4O/c1-3-11(2)22-14(25)10-23-4-6-24(7-5-23)15-13(17)8-12(9-21-15)16(18,19)20/h8-9,11H,3-7,10H2,1-2H3,(H,22,25)/t11-/m1/s1. The Morgan fingerprint density at radius 2 is 2.00 bits per heavy atom. The van der Waals surface area contributed by atoms with Crippen molar-refractivity contribution in [2.24, 2.45) is 0 Å². The molecule has 1 saturated heterocycles. The fourth-order valence-electron chi connectivity index (χ4n) is 2.56. The zero-order valence-corrected chi connectivity index (χ0v) is 15.0. The molecule has 1 N–H and O–H groups in total. The van der Waals surface area contributed by atoms with E-state index in [1.165, 1.54) is 0 Å².